The minimum atomic E-state index is 0.562. The van der Waals surface area contributed by atoms with Gasteiger partial charge in [0.1, 0.15) is 11.0 Å². The van der Waals surface area contributed by atoms with Crippen LogP contribution in [0.5, 0.6) is 17.2 Å². The lowest BCUT2D eigenvalue weighted by atomic mass is 9.99. The van der Waals surface area contributed by atoms with Crippen molar-refractivity contribution in [3.05, 3.63) is 54.1 Å². The average Bonchev–Trinajstić information content (AvgIpc) is 2.77. The van der Waals surface area contributed by atoms with Gasteiger partial charge in [-0.2, -0.15) is 0 Å². The largest absolute Gasteiger partial charge is 0.494 e. The highest BCUT2D eigenvalue weighted by atomic mass is 16.5. The summed E-state index contributed by atoms with van der Waals surface area (Å²) in [4.78, 5) is 10.1. The molecule has 1 aromatic heterocycles. The minimum absolute atomic E-state index is 0.562. The van der Waals surface area contributed by atoms with Crippen LogP contribution in [0.3, 0.4) is 0 Å². The lowest BCUT2D eigenvalue weighted by Crippen LogP contribution is -2.02. The van der Waals surface area contributed by atoms with Gasteiger partial charge in [0.2, 0.25) is 0 Å². The molecule has 0 bridgehead atoms. The average molecular weight is 384 g/mol. The Kier molecular flexibility index (Phi) is 3.91. The summed E-state index contributed by atoms with van der Waals surface area (Å²) in [6.07, 6.45) is 0. The van der Waals surface area contributed by atoms with E-state index < -0.39 is 0 Å². The maximum atomic E-state index is 5.71. The first-order valence-corrected chi connectivity index (χ1v) is 9.39. The van der Waals surface area contributed by atoms with Crippen LogP contribution in [0.25, 0.3) is 43.6 Å². The topological polar surface area (TPSA) is 53.5 Å². The zero-order chi connectivity index (χ0) is 20.1. The first-order chi connectivity index (χ1) is 14.2. The highest BCUT2D eigenvalue weighted by molar-refractivity contribution is 6.24. The van der Waals surface area contributed by atoms with Gasteiger partial charge in [0.15, 0.2) is 17.2 Å². The van der Waals surface area contributed by atoms with Crippen molar-refractivity contribution >= 4 is 43.6 Å². The van der Waals surface area contributed by atoms with E-state index in [-0.39, 0.29) is 0 Å². The Bertz CT molecular complexity index is 1430. The van der Waals surface area contributed by atoms with E-state index in [2.05, 4.69) is 24.3 Å². The van der Waals surface area contributed by atoms with Crippen LogP contribution in [-0.4, -0.2) is 31.3 Å². The maximum absolute atomic E-state index is 5.71. The van der Waals surface area contributed by atoms with Crippen molar-refractivity contribution < 1.29 is 14.2 Å². The van der Waals surface area contributed by atoms with Crippen LogP contribution in [-0.2, 0) is 0 Å². The number of ether oxygens (including phenoxy) is 3. The molecule has 0 aliphatic heterocycles. The van der Waals surface area contributed by atoms with Crippen molar-refractivity contribution in [1.82, 2.24) is 9.97 Å². The number of aromatic nitrogens is 2. The van der Waals surface area contributed by atoms with E-state index in [1.54, 1.807) is 21.3 Å². The number of nitrogens with zero attached hydrogens (tertiary/aromatic N) is 2. The fraction of sp³-hybridized carbons (Fsp3) is 0.167. The van der Waals surface area contributed by atoms with Gasteiger partial charge in [0.05, 0.1) is 32.4 Å². The standard InChI is InChI=1S/C24H20N2O3/c1-13-22(27-2)20-21(24(29-4)23(13)28-3)26-19-17-12-8-6-10-15(17)14-9-5-7-11-16(14)18(19)25-20/h5-12H,1-4H3. The summed E-state index contributed by atoms with van der Waals surface area (Å²) in [6.45, 7) is 1.93. The quantitative estimate of drug-likeness (QED) is 0.307. The molecule has 4 aromatic carbocycles. The molecular weight excluding hydrogens is 364 g/mol. The first kappa shape index (κ1) is 17.5. The minimum Gasteiger partial charge on any atom is -0.494 e. The number of hydrogen-bond donors (Lipinski definition) is 0. The molecule has 5 heteroatoms. The SMILES string of the molecule is COc1c(C)c(OC)c2nc3c4ccccc4c4ccccc4c3nc2c1OC. The Morgan fingerprint density at radius 2 is 0.931 bits per heavy atom. The van der Waals surface area contributed by atoms with E-state index in [4.69, 9.17) is 24.2 Å². The summed E-state index contributed by atoms with van der Waals surface area (Å²) in [5.41, 5.74) is 3.79. The monoisotopic (exact) mass is 384 g/mol. The van der Waals surface area contributed by atoms with Gasteiger partial charge in [0, 0.05) is 16.3 Å². The summed E-state index contributed by atoms with van der Waals surface area (Å²) >= 11 is 0. The van der Waals surface area contributed by atoms with Gasteiger partial charge in [-0.3, -0.25) is 0 Å². The summed E-state index contributed by atoms with van der Waals surface area (Å²) in [5.74, 6) is 1.81. The zero-order valence-corrected chi connectivity index (χ0v) is 16.7. The Morgan fingerprint density at radius 1 is 0.517 bits per heavy atom. The van der Waals surface area contributed by atoms with E-state index in [0.29, 0.717) is 28.3 Å². The predicted molar refractivity (Wildman–Crippen MR) is 116 cm³/mol. The molecule has 0 unspecified atom stereocenters. The van der Waals surface area contributed by atoms with Gasteiger partial charge in [-0.25, -0.2) is 9.97 Å². The van der Waals surface area contributed by atoms with E-state index >= 15 is 0 Å². The molecule has 0 atom stereocenters. The van der Waals surface area contributed by atoms with Crippen molar-refractivity contribution in [2.24, 2.45) is 0 Å². The molecule has 0 saturated heterocycles. The second kappa shape index (κ2) is 6.48. The number of benzene rings is 4. The van der Waals surface area contributed by atoms with E-state index in [9.17, 15) is 0 Å². The molecule has 0 saturated carbocycles. The fourth-order valence-electron chi connectivity index (χ4n) is 4.22. The van der Waals surface area contributed by atoms with Crippen molar-refractivity contribution in [2.45, 2.75) is 6.92 Å². The molecule has 5 rings (SSSR count). The Morgan fingerprint density at radius 3 is 1.38 bits per heavy atom. The molecule has 0 amide bonds. The smallest absolute Gasteiger partial charge is 0.189 e. The van der Waals surface area contributed by atoms with Crippen LogP contribution < -0.4 is 14.2 Å². The molecular formula is C24H20N2O3. The fourth-order valence-corrected chi connectivity index (χ4v) is 4.22. The number of hydrogen-bond acceptors (Lipinski definition) is 5. The van der Waals surface area contributed by atoms with Crippen molar-refractivity contribution in [3.63, 3.8) is 0 Å². The van der Waals surface area contributed by atoms with Crippen LogP contribution in [0.2, 0.25) is 0 Å². The Balaban J connectivity index is 2.11. The number of methoxy groups -OCH3 is 3. The van der Waals surface area contributed by atoms with Crippen LogP contribution in [0.15, 0.2) is 48.5 Å². The molecule has 5 nitrogen and oxygen atoms in total. The highest BCUT2D eigenvalue weighted by Crippen LogP contribution is 2.45. The molecule has 0 spiro atoms. The van der Waals surface area contributed by atoms with Gasteiger partial charge >= 0.3 is 0 Å². The molecule has 1 heterocycles. The third-order valence-electron chi connectivity index (χ3n) is 5.48. The third-order valence-corrected chi connectivity index (χ3v) is 5.48. The summed E-state index contributed by atoms with van der Waals surface area (Å²) in [7, 11) is 4.87. The lowest BCUT2D eigenvalue weighted by Gasteiger charge is -2.18. The first-order valence-electron chi connectivity index (χ1n) is 9.39. The van der Waals surface area contributed by atoms with Crippen LogP contribution in [0, 0.1) is 6.92 Å². The van der Waals surface area contributed by atoms with Crippen molar-refractivity contribution in [2.75, 3.05) is 21.3 Å². The van der Waals surface area contributed by atoms with E-state index in [0.717, 1.165) is 38.1 Å². The van der Waals surface area contributed by atoms with Crippen LogP contribution in [0.1, 0.15) is 5.56 Å². The molecule has 5 aromatic rings. The van der Waals surface area contributed by atoms with Crippen molar-refractivity contribution in [1.29, 1.82) is 0 Å². The molecule has 0 N–H and O–H groups in total. The maximum Gasteiger partial charge on any atom is 0.189 e. The van der Waals surface area contributed by atoms with Crippen LogP contribution in [0.4, 0.5) is 0 Å². The molecule has 144 valence electrons. The molecule has 0 aliphatic carbocycles. The second-order valence-electron chi connectivity index (χ2n) is 6.93. The van der Waals surface area contributed by atoms with Gasteiger partial charge in [-0.1, -0.05) is 48.5 Å². The normalized spacial score (nSPS) is 11.4. The Hall–Kier alpha value is -3.60. The Labute approximate surface area is 167 Å². The molecule has 0 radical (unpaired) electrons. The van der Waals surface area contributed by atoms with Gasteiger partial charge < -0.3 is 14.2 Å². The third kappa shape index (κ3) is 2.34. The van der Waals surface area contributed by atoms with Crippen molar-refractivity contribution in [3.8, 4) is 17.2 Å². The molecule has 0 aliphatic rings. The predicted octanol–water partition coefficient (Wildman–Crippen LogP) is 5.42. The van der Waals surface area contributed by atoms with E-state index in [1.165, 1.54) is 0 Å². The lowest BCUT2D eigenvalue weighted by molar-refractivity contribution is 0.349. The van der Waals surface area contributed by atoms with Gasteiger partial charge in [-0.05, 0) is 17.7 Å². The zero-order valence-electron chi connectivity index (χ0n) is 16.7. The van der Waals surface area contributed by atoms with Gasteiger partial charge in [-0.15, -0.1) is 0 Å². The van der Waals surface area contributed by atoms with Crippen LogP contribution >= 0.6 is 0 Å². The number of rotatable bonds is 3. The summed E-state index contributed by atoms with van der Waals surface area (Å²) in [5, 5.41) is 4.41. The highest BCUT2D eigenvalue weighted by Gasteiger charge is 2.23. The second-order valence-corrected chi connectivity index (χ2v) is 6.93. The molecule has 29 heavy (non-hydrogen) atoms. The van der Waals surface area contributed by atoms with Gasteiger partial charge in [0.25, 0.3) is 0 Å². The number of fused-ring (bicyclic) bond motifs is 7. The summed E-state index contributed by atoms with van der Waals surface area (Å²) < 4.78 is 17.0. The summed E-state index contributed by atoms with van der Waals surface area (Å²) in [6, 6.07) is 16.6. The van der Waals surface area contributed by atoms with E-state index in [1.807, 2.05) is 31.2 Å². The molecule has 0 fully saturated rings.